The molecule has 0 heterocycles. The molecular formula is C14H29NO2. The zero-order valence-corrected chi connectivity index (χ0v) is 11.5. The summed E-state index contributed by atoms with van der Waals surface area (Å²) in [5, 5.41) is 3.34. The lowest BCUT2D eigenvalue weighted by Crippen LogP contribution is -2.31. The summed E-state index contributed by atoms with van der Waals surface area (Å²) in [6.45, 7) is 8.63. The predicted octanol–water partition coefficient (Wildman–Crippen LogP) is 2.60. The largest absolute Gasteiger partial charge is 0.380 e. The molecule has 2 unspecified atom stereocenters. The summed E-state index contributed by atoms with van der Waals surface area (Å²) in [6, 6.07) is 0. The van der Waals surface area contributed by atoms with Crippen molar-refractivity contribution in [1.29, 1.82) is 0 Å². The molecule has 0 spiro atoms. The van der Waals surface area contributed by atoms with Gasteiger partial charge in [0.15, 0.2) is 0 Å². The van der Waals surface area contributed by atoms with Gasteiger partial charge < -0.3 is 14.8 Å². The third-order valence-corrected chi connectivity index (χ3v) is 3.60. The molecular weight excluding hydrogens is 214 g/mol. The van der Waals surface area contributed by atoms with Crippen LogP contribution in [0.25, 0.3) is 0 Å². The molecule has 0 aromatic rings. The Labute approximate surface area is 106 Å². The molecule has 1 aliphatic rings. The molecule has 1 N–H and O–H groups in total. The molecule has 2 atom stereocenters. The highest BCUT2D eigenvalue weighted by Crippen LogP contribution is 2.28. The second-order valence-electron chi connectivity index (χ2n) is 4.81. The number of hydrogen-bond donors (Lipinski definition) is 1. The summed E-state index contributed by atoms with van der Waals surface area (Å²) < 4.78 is 11.3. The minimum atomic E-state index is 0.516. The lowest BCUT2D eigenvalue weighted by Gasteiger charge is -2.30. The Hall–Kier alpha value is -0.120. The van der Waals surface area contributed by atoms with E-state index in [1.165, 1.54) is 32.1 Å². The van der Waals surface area contributed by atoms with Gasteiger partial charge in [-0.2, -0.15) is 0 Å². The van der Waals surface area contributed by atoms with E-state index in [2.05, 4.69) is 12.2 Å². The average Bonchev–Trinajstić information content (AvgIpc) is 2.38. The molecule has 0 aromatic carbocycles. The lowest BCUT2D eigenvalue weighted by molar-refractivity contribution is -0.0106. The monoisotopic (exact) mass is 243 g/mol. The van der Waals surface area contributed by atoms with E-state index in [1.54, 1.807) is 0 Å². The summed E-state index contributed by atoms with van der Waals surface area (Å²) in [4.78, 5) is 0. The van der Waals surface area contributed by atoms with Crippen LogP contribution in [0.4, 0.5) is 0 Å². The maximum atomic E-state index is 5.99. The standard InChI is InChI=1S/C14H29NO2/c1-3-13-7-5-6-8-14(13)17-12-10-15-9-11-16-4-2/h13-15H,3-12H2,1-2H3. The first-order chi connectivity index (χ1) is 8.38. The molecule has 0 bridgehead atoms. The van der Waals surface area contributed by atoms with E-state index in [1.807, 2.05) is 6.92 Å². The Kier molecular flexibility index (Phi) is 8.67. The number of nitrogens with one attached hydrogen (secondary N) is 1. The van der Waals surface area contributed by atoms with Crippen LogP contribution in [0, 0.1) is 5.92 Å². The van der Waals surface area contributed by atoms with Gasteiger partial charge in [-0.25, -0.2) is 0 Å². The van der Waals surface area contributed by atoms with Crippen molar-refractivity contribution in [3.8, 4) is 0 Å². The van der Waals surface area contributed by atoms with Gasteiger partial charge in [-0.3, -0.25) is 0 Å². The van der Waals surface area contributed by atoms with Crippen LogP contribution in [0.15, 0.2) is 0 Å². The SMILES string of the molecule is CCOCCNCCOC1CCCCC1CC. The van der Waals surface area contributed by atoms with Gasteiger partial charge in [0.2, 0.25) is 0 Å². The number of ether oxygens (including phenoxy) is 2. The topological polar surface area (TPSA) is 30.5 Å². The summed E-state index contributed by atoms with van der Waals surface area (Å²) in [5.41, 5.74) is 0. The second-order valence-corrected chi connectivity index (χ2v) is 4.81. The van der Waals surface area contributed by atoms with Gasteiger partial charge in [0.1, 0.15) is 0 Å². The molecule has 1 rings (SSSR count). The van der Waals surface area contributed by atoms with Gasteiger partial charge in [0.25, 0.3) is 0 Å². The van der Waals surface area contributed by atoms with E-state index in [4.69, 9.17) is 9.47 Å². The van der Waals surface area contributed by atoms with Crippen LogP contribution in [-0.2, 0) is 9.47 Å². The van der Waals surface area contributed by atoms with Crippen LogP contribution in [0.5, 0.6) is 0 Å². The Bertz CT molecular complexity index is 176. The number of rotatable bonds is 9. The molecule has 3 nitrogen and oxygen atoms in total. The molecule has 0 saturated heterocycles. The average molecular weight is 243 g/mol. The van der Waals surface area contributed by atoms with Gasteiger partial charge in [-0.05, 0) is 25.7 Å². The summed E-state index contributed by atoms with van der Waals surface area (Å²) in [7, 11) is 0. The Morgan fingerprint density at radius 3 is 2.59 bits per heavy atom. The smallest absolute Gasteiger partial charge is 0.0603 e. The van der Waals surface area contributed by atoms with Crippen LogP contribution in [0.2, 0.25) is 0 Å². The first-order valence-corrected chi connectivity index (χ1v) is 7.28. The first-order valence-electron chi connectivity index (χ1n) is 7.28. The van der Waals surface area contributed by atoms with Gasteiger partial charge >= 0.3 is 0 Å². The first kappa shape index (κ1) is 14.9. The van der Waals surface area contributed by atoms with E-state index in [0.717, 1.165) is 38.8 Å². The van der Waals surface area contributed by atoms with E-state index in [-0.39, 0.29) is 0 Å². The van der Waals surface area contributed by atoms with Crippen molar-refractivity contribution >= 4 is 0 Å². The summed E-state index contributed by atoms with van der Waals surface area (Å²) in [5.74, 6) is 0.798. The fraction of sp³-hybridized carbons (Fsp3) is 1.00. The minimum Gasteiger partial charge on any atom is -0.380 e. The molecule has 1 saturated carbocycles. The van der Waals surface area contributed by atoms with Gasteiger partial charge in [0.05, 0.1) is 19.3 Å². The van der Waals surface area contributed by atoms with Gasteiger partial charge in [0, 0.05) is 19.7 Å². The Balaban J connectivity index is 1.97. The molecule has 17 heavy (non-hydrogen) atoms. The maximum absolute atomic E-state index is 5.99. The van der Waals surface area contributed by atoms with Gasteiger partial charge in [-0.1, -0.05) is 26.2 Å². The highest BCUT2D eigenvalue weighted by molar-refractivity contribution is 4.74. The Morgan fingerprint density at radius 1 is 1.06 bits per heavy atom. The molecule has 0 amide bonds. The Morgan fingerprint density at radius 2 is 1.82 bits per heavy atom. The van der Waals surface area contributed by atoms with Crippen molar-refractivity contribution in [2.24, 2.45) is 5.92 Å². The third kappa shape index (κ3) is 6.39. The quantitative estimate of drug-likeness (QED) is 0.631. The molecule has 3 heteroatoms. The normalized spacial score (nSPS) is 25.1. The van der Waals surface area contributed by atoms with Crippen molar-refractivity contribution in [3.63, 3.8) is 0 Å². The fourth-order valence-corrected chi connectivity index (χ4v) is 2.56. The highest BCUT2D eigenvalue weighted by atomic mass is 16.5. The summed E-state index contributed by atoms with van der Waals surface area (Å²) in [6.07, 6.45) is 7.14. The van der Waals surface area contributed by atoms with Crippen LogP contribution in [0.3, 0.4) is 0 Å². The van der Waals surface area contributed by atoms with Crippen molar-refractivity contribution in [1.82, 2.24) is 5.32 Å². The maximum Gasteiger partial charge on any atom is 0.0603 e. The molecule has 0 aliphatic heterocycles. The van der Waals surface area contributed by atoms with E-state index < -0.39 is 0 Å². The van der Waals surface area contributed by atoms with Crippen molar-refractivity contribution < 1.29 is 9.47 Å². The lowest BCUT2D eigenvalue weighted by atomic mass is 9.85. The summed E-state index contributed by atoms with van der Waals surface area (Å²) >= 11 is 0. The zero-order valence-electron chi connectivity index (χ0n) is 11.5. The zero-order chi connectivity index (χ0) is 12.3. The van der Waals surface area contributed by atoms with Crippen LogP contribution < -0.4 is 5.32 Å². The second kappa shape index (κ2) is 9.86. The van der Waals surface area contributed by atoms with Crippen molar-refractivity contribution in [3.05, 3.63) is 0 Å². The van der Waals surface area contributed by atoms with E-state index in [0.29, 0.717) is 6.10 Å². The third-order valence-electron chi connectivity index (χ3n) is 3.60. The highest BCUT2D eigenvalue weighted by Gasteiger charge is 2.23. The van der Waals surface area contributed by atoms with Gasteiger partial charge in [-0.15, -0.1) is 0 Å². The molecule has 0 aromatic heterocycles. The van der Waals surface area contributed by atoms with E-state index >= 15 is 0 Å². The van der Waals surface area contributed by atoms with Crippen LogP contribution >= 0.6 is 0 Å². The molecule has 0 radical (unpaired) electrons. The molecule has 102 valence electrons. The molecule has 1 fully saturated rings. The molecule has 1 aliphatic carbocycles. The fourth-order valence-electron chi connectivity index (χ4n) is 2.56. The van der Waals surface area contributed by atoms with Crippen molar-refractivity contribution in [2.45, 2.75) is 52.1 Å². The minimum absolute atomic E-state index is 0.516. The number of hydrogen-bond acceptors (Lipinski definition) is 3. The van der Waals surface area contributed by atoms with E-state index in [9.17, 15) is 0 Å². The van der Waals surface area contributed by atoms with Crippen LogP contribution in [-0.4, -0.2) is 39.0 Å². The van der Waals surface area contributed by atoms with Crippen LogP contribution in [0.1, 0.15) is 46.0 Å². The predicted molar refractivity (Wildman–Crippen MR) is 71.4 cm³/mol. The van der Waals surface area contributed by atoms with Crippen molar-refractivity contribution in [2.75, 3.05) is 32.9 Å².